The summed E-state index contributed by atoms with van der Waals surface area (Å²) in [7, 11) is 0. The average Bonchev–Trinajstić information content (AvgIpc) is 3.14. The van der Waals surface area contributed by atoms with Gasteiger partial charge in [0.2, 0.25) is 0 Å². The number of carbonyl (C=O) groups is 1. The Morgan fingerprint density at radius 3 is 2.48 bits per heavy atom. The van der Waals surface area contributed by atoms with E-state index < -0.39 is 5.97 Å². The monoisotopic (exact) mass is 312 g/mol. The van der Waals surface area contributed by atoms with Crippen LogP contribution in [0.1, 0.15) is 34.3 Å². The zero-order chi connectivity index (χ0) is 16.4. The normalized spacial score (nSPS) is 15.2. The van der Waals surface area contributed by atoms with Crippen molar-refractivity contribution >= 4 is 5.97 Å². The molecule has 0 amide bonds. The van der Waals surface area contributed by atoms with Crippen LogP contribution in [-0.2, 0) is 6.54 Å². The molecule has 1 saturated heterocycles. The SMILES string of the molecule is Cc1ccccc1-c1c(C)c(C(=O)O)cn1CCN1CCCC1. The molecule has 1 N–H and O–H groups in total. The molecule has 0 radical (unpaired) electrons. The van der Waals surface area contributed by atoms with Crippen LogP contribution in [0.15, 0.2) is 30.5 Å². The summed E-state index contributed by atoms with van der Waals surface area (Å²) in [5.74, 6) is -0.850. The summed E-state index contributed by atoms with van der Waals surface area (Å²) >= 11 is 0. The zero-order valence-electron chi connectivity index (χ0n) is 13.9. The molecule has 1 aliphatic heterocycles. The molecule has 4 heteroatoms. The molecular weight excluding hydrogens is 288 g/mol. The van der Waals surface area contributed by atoms with Crippen molar-refractivity contribution in [2.75, 3.05) is 19.6 Å². The molecule has 122 valence electrons. The van der Waals surface area contributed by atoms with Crippen LogP contribution < -0.4 is 0 Å². The van der Waals surface area contributed by atoms with E-state index in [0.29, 0.717) is 5.56 Å². The van der Waals surface area contributed by atoms with Gasteiger partial charge in [0, 0.05) is 24.8 Å². The molecule has 0 bridgehead atoms. The van der Waals surface area contributed by atoms with Crippen LogP contribution >= 0.6 is 0 Å². The van der Waals surface area contributed by atoms with Crippen molar-refractivity contribution in [2.24, 2.45) is 0 Å². The first-order valence-electron chi connectivity index (χ1n) is 8.29. The molecule has 2 aromatic rings. The lowest BCUT2D eigenvalue weighted by molar-refractivity contribution is 0.0696. The van der Waals surface area contributed by atoms with E-state index in [9.17, 15) is 9.90 Å². The van der Waals surface area contributed by atoms with Gasteiger partial charge >= 0.3 is 5.97 Å². The van der Waals surface area contributed by atoms with Gasteiger partial charge < -0.3 is 14.6 Å². The Bertz CT molecular complexity index is 712. The number of nitrogens with zero attached hydrogens (tertiary/aromatic N) is 2. The maximum Gasteiger partial charge on any atom is 0.337 e. The van der Waals surface area contributed by atoms with Gasteiger partial charge in [-0.05, 0) is 50.9 Å². The number of rotatable bonds is 5. The molecule has 0 unspecified atom stereocenters. The van der Waals surface area contributed by atoms with Crippen molar-refractivity contribution in [3.05, 3.63) is 47.2 Å². The van der Waals surface area contributed by atoms with E-state index in [1.165, 1.54) is 18.4 Å². The summed E-state index contributed by atoms with van der Waals surface area (Å²) in [5, 5.41) is 9.48. The van der Waals surface area contributed by atoms with E-state index in [1.807, 2.05) is 19.1 Å². The van der Waals surface area contributed by atoms with Crippen LogP contribution in [0.2, 0.25) is 0 Å². The van der Waals surface area contributed by atoms with Crippen molar-refractivity contribution in [3.8, 4) is 11.3 Å². The van der Waals surface area contributed by atoms with E-state index in [4.69, 9.17) is 0 Å². The van der Waals surface area contributed by atoms with Gasteiger partial charge in [0.1, 0.15) is 0 Å². The number of aryl methyl sites for hydroxylation is 1. The molecule has 2 heterocycles. The minimum atomic E-state index is -0.850. The maximum absolute atomic E-state index is 11.5. The van der Waals surface area contributed by atoms with Gasteiger partial charge in [0.25, 0.3) is 0 Å². The Morgan fingerprint density at radius 1 is 1.13 bits per heavy atom. The smallest absolute Gasteiger partial charge is 0.337 e. The van der Waals surface area contributed by atoms with E-state index in [-0.39, 0.29) is 0 Å². The fourth-order valence-corrected chi connectivity index (χ4v) is 3.50. The second-order valence-corrected chi connectivity index (χ2v) is 6.38. The number of likely N-dealkylation sites (tertiary alicyclic amines) is 1. The van der Waals surface area contributed by atoms with Crippen LogP contribution in [0.4, 0.5) is 0 Å². The van der Waals surface area contributed by atoms with Gasteiger partial charge in [0.05, 0.1) is 11.3 Å². The predicted octanol–water partition coefficient (Wildman–Crippen LogP) is 3.57. The maximum atomic E-state index is 11.5. The summed E-state index contributed by atoms with van der Waals surface area (Å²) in [6.45, 7) is 8.12. The van der Waals surface area contributed by atoms with Crippen molar-refractivity contribution in [1.82, 2.24) is 9.47 Å². The topological polar surface area (TPSA) is 45.5 Å². The lowest BCUT2D eigenvalue weighted by Gasteiger charge is -2.17. The van der Waals surface area contributed by atoms with Crippen LogP contribution in [-0.4, -0.2) is 40.2 Å². The van der Waals surface area contributed by atoms with Crippen LogP contribution in [0.3, 0.4) is 0 Å². The van der Waals surface area contributed by atoms with Gasteiger partial charge in [-0.2, -0.15) is 0 Å². The third-order valence-corrected chi connectivity index (χ3v) is 4.82. The number of aromatic nitrogens is 1. The van der Waals surface area contributed by atoms with Gasteiger partial charge in [0.15, 0.2) is 0 Å². The van der Waals surface area contributed by atoms with Crippen molar-refractivity contribution in [2.45, 2.75) is 33.2 Å². The second-order valence-electron chi connectivity index (χ2n) is 6.38. The largest absolute Gasteiger partial charge is 0.478 e. The van der Waals surface area contributed by atoms with Gasteiger partial charge in [-0.3, -0.25) is 0 Å². The number of hydrogen-bond donors (Lipinski definition) is 1. The molecular formula is C19H24N2O2. The first-order chi connectivity index (χ1) is 11.1. The van der Waals surface area contributed by atoms with Crippen LogP contribution in [0.25, 0.3) is 11.3 Å². The van der Waals surface area contributed by atoms with Gasteiger partial charge in [-0.25, -0.2) is 4.79 Å². The minimum Gasteiger partial charge on any atom is -0.478 e. The fraction of sp³-hybridized carbons (Fsp3) is 0.421. The quantitative estimate of drug-likeness (QED) is 0.918. The van der Waals surface area contributed by atoms with E-state index in [0.717, 1.165) is 43.0 Å². The number of aromatic carboxylic acids is 1. The van der Waals surface area contributed by atoms with Gasteiger partial charge in [-0.15, -0.1) is 0 Å². The number of hydrogen-bond acceptors (Lipinski definition) is 2. The van der Waals surface area contributed by atoms with Crippen LogP contribution in [0.5, 0.6) is 0 Å². The fourth-order valence-electron chi connectivity index (χ4n) is 3.50. The Labute approximate surface area is 137 Å². The molecule has 1 aliphatic rings. The second kappa shape index (κ2) is 6.59. The van der Waals surface area contributed by atoms with E-state index in [2.05, 4.69) is 28.5 Å². The third kappa shape index (κ3) is 3.17. The molecule has 1 fully saturated rings. The first kappa shape index (κ1) is 15.8. The van der Waals surface area contributed by atoms with Crippen molar-refractivity contribution < 1.29 is 9.90 Å². The highest BCUT2D eigenvalue weighted by molar-refractivity contribution is 5.92. The highest BCUT2D eigenvalue weighted by atomic mass is 16.4. The number of benzene rings is 1. The first-order valence-corrected chi connectivity index (χ1v) is 8.29. The minimum absolute atomic E-state index is 0.407. The molecule has 0 saturated carbocycles. The Hall–Kier alpha value is -2.07. The highest BCUT2D eigenvalue weighted by Crippen LogP contribution is 2.30. The molecule has 0 spiro atoms. The predicted molar refractivity (Wildman–Crippen MR) is 92.0 cm³/mol. The zero-order valence-corrected chi connectivity index (χ0v) is 13.9. The molecule has 0 aliphatic carbocycles. The van der Waals surface area contributed by atoms with Crippen LogP contribution in [0, 0.1) is 13.8 Å². The summed E-state index contributed by atoms with van der Waals surface area (Å²) in [6.07, 6.45) is 4.35. The van der Waals surface area contributed by atoms with Crippen molar-refractivity contribution in [1.29, 1.82) is 0 Å². The average molecular weight is 312 g/mol. The summed E-state index contributed by atoms with van der Waals surface area (Å²) < 4.78 is 2.12. The number of carboxylic acid groups (broad SMARTS) is 1. The molecule has 0 atom stereocenters. The van der Waals surface area contributed by atoms with Gasteiger partial charge in [-0.1, -0.05) is 24.3 Å². The highest BCUT2D eigenvalue weighted by Gasteiger charge is 2.20. The molecule has 1 aromatic heterocycles. The Kier molecular flexibility index (Phi) is 4.53. The molecule has 23 heavy (non-hydrogen) atoms. The summed E-state index contributed by atoms with van der Waals surface area (Å²) in [5.41, 5.74) is 4.60. The third-order valence-electron chi connectivity index (χ3n) is 4.82. The lowest BCUT2D eigenvalue weighted by atomic mass is 10.0. The lowest BCUT2D eigenvalue weighted by Crippen LogP contribution is -2.24. The van der Waals surface area contributed by atoms with Crippen molar-refractivity contribution in [3.63, 3.8) is 0 Å². The summed E-state index contributed by atoms with van der Waals surface area (Å²) in [4.78, 5) is 14.0. The molecule has 3 rings (SSSR count). The standard InChI is InChI=1S/C19H24N2O2/c1-14-7-3-4-8-16(14)18-15(2)17(19(22)23)13-21(18)12-11-20-9-5-6-10-20/h3-4,7-8,13H,5-6,9-12H2,1-2H3,(H,22,23). The Morgan fingerprint density at radius 2 is 1.83 bits per heavy atom. The number of carboxylic acids is 1. The Balaban J connectivity index is 1.98. The molecule has 1 aromatic carbocycles. The molecule has 4 nitrogen and oxygen atoms in total. The summed E-state index contributed by atoms with van der Waals surface area (Å²) in [6, 6.07) is 8.19. The van der Waals surface area contributed by atoms with E-state index >= 15 is 0 Å². The van der Waals surface area contributed by atoms with E-state index in [1.54, 1.807) is 6.20 Å².